The average Bonchev–Trinajstić information content (AvgIpc) is 2.52. The molecule has 5 heteroatoms. The smallest absolute Gasteiger partial charge is 0.306 e. The molecule has 0 aromatic heterocycles. The minimum absolute atomic E-state index is 0.0627. The Bertz CT molecular complexity index is 242. The topological polar surface area (TPSA) is 63.6 Å². The summed E-state index contributed by atoms with van der Waals surface area (Å²) >= 11 is 0. The normalized spacial score (nSPS) is 42.7. The van der Waals surface area contributed by atoms with Crippen LogP contribution in [0, 0.1) is 5.92 Å². The van der Waals surface area contributed by atoms with Gasteiger partial charge in [0.25, 0.3) is 0 Å². The lowest BCUT2D eigenvalue weighted by Gasteiger charge is -2.14. The molecule has 4 nitrogen and oxygen atoms in total. The fraction of sp³-hybridized carbons (Fsp3) is 0.750. The monoisotopic (exact) mass is 182 g/mol. The summed E-state index contributed by atoms with van der Waals surface area (Å²) in [5.41, 5.74) is 0. The lowest BCUT2D eigenvalue weighted by atomic mass is 9.60. The van der Waals surface area contributed by atoms with E-state index in [9.17, 15) is 14.7 Å². The molecule has 2 aliphatic rings. The fourth-order valence-corrected chi connectivity index (χ4v) is 2.42. The number of carbonyl (C=O) groups excluding carboxylic acids is 2. The first-order valence-electron chi connectivity index (χ1n) is 4.53. The van der Waals surface area contributed by atoms with Gasteiger partial charge < -0.3 is 14.6 Å². The van der Waals surface area contributed by atoms with Gasteiger partial charge in [-0.1, -0.05) is 0 Å². The zero-order chi connectivity index (χ0) is 9.42. The van der Waals surface area contributed by atoms with Crippen LogP contribution in [-0.4, -0.2) is 36.7 Å². The Balaban J connectivity index is 2.09. The molecule has 70 valence electrons. The highest BCUT2D eigenvalue weighted by molar-refractivity contribution is 6.68. The molecule has 0 aromatic rings. The van der Waals surface area contributed by atoms with Gasteiger partial charge in [0, 0.05) is 12.3 Å². The van der Waals surface area contributed by atoms with Crippen LogP contribution in [-0.2, 0) is 14.3 Å². The van der Waals surface area contributed by atoms with Crippen molar-refractivity contribution in [2.75, 3.05) is 0 Å². The van der Waals surface area contributed by atoms with Crippen LogP contribution < -0.4 is 0 Å². The summed E-state index contributed by atoms with van der Waals surface area (Å²) in [7, 11) is 0.332. The summed E-state index contributed by atoms with van der Waals surface area (Å²) in [6, 6.07) is 0. The van der Waals surface area contributed by atoms with Gasteiger partial charge >= 0.3 is 5.97 Å². The molecule has 2 rings (SSSR count). The van der Waals surface area contributed by atoms with E-state index in [1.165, 1.54) is 0 Å². The molecule has 1 N–H and O–H groups in total. The van der Waals surface area contributed by atoms with Gasteiger partial charge in [-0.25, -0.2) is 0 Å². The second-order valence-electron chi connectivity index (χ2n) is 3.77. The molecule has 0 radical (unpaired) electrons. The third kappa shape index (κ3) is 1.37. The largest absolute Gasteiger partial charge is 0.462 e. The molecule has 1 saturated heterocycles. The van der Waals surface area contributed by atoms with Gasteiger partial charge in [-0.2, -0.15) is 0 Å². The van der Waals surface area contributed by atoms with Gasteiger partial charge in [-0.15, -0.1) is 0 Å². The van der Waals surface area contributed by atoms with E-state index in [0.29, 0.717) is 20.1 Å². The van der Waals surface area contributed by atoms with E-state index < -0.39 is 6.10 Å². The zero-order valence-corrected chi connectivity index (χ0v) is 7.18. The Morgan fingerprint density at radius 3 is 3.08 bits per heavy atom. The molecular weight excluding hydrogens is 171 g/mol. The van der Waals surface area contributed by atoms with E-state index in [-0.39, 0.29) is 23.8 Å². The Morgan fingerprint density at radius 2 is 2.38 bits per heavy atom. The molecule has 1 aliphatic heterocycles. The molecule has 0 bridgehead atoms. The summed E-state index contributed by atoms with van der Waals surface area (Å²) in [6.45, 7) is 0. The summed E-state index contributed by atoms with van der Waals surface area (Å²) in [6.07, 6.45) is 1.04. The lowest BCUT2D eigenvalue weighted by molar-refractivity contribution is -0.141. The van der Waals surface area contributed by atoms with Crippen LogP contribution in [0.3, 0.4) is 0 Å². The molecule has 0 amide bonds. The van der Waals surface area contributed by atoms with E-state index in [2.05, 4.69) is 0 Å². The number of hydrogen-bond acceptors (Lipinski definition) is 4. The summed E-state index contributed by atoms with van der Waals surface area (Å²) in [5.74, 6) is -0.209. The average molecular weight is 182 g/mol. The number of esters is 1. The highest BCUT2D eigenvalue weighted by Crippen LogP contribution is 2.44. The summed E-state index contributed by atoms with van der Waals surface area (Å²) in [5, 5.41) is 9.56. The Labute approximate surface area is 76.5 Å². The maximum atomic E-state index is 10.9. The van der Waals surface area contributed by atoms with E-state index in [4.69, 9.17) is 4.74 Å². The Morgan fingerprint density at radius 1 is 1.62 bits per heavy atom. The molecule has 0 spiro atoms. The van der Waals surface area contributed by atoms with Crippen molar-refractivity contribution in [3.63, 3.8) is 0 Å². The summed E-state index contributed by atoms with van der Waals surface area (Å²) in [4.78, 5) is 21.3. The first kappa shape index (κ1) is 8.75. The second kappa shape index (κ2) is 3.14. The van der Waals surface area contributed by atoms with E-state index in [1.807, 2.05) is 0 Å². The molecule has 0 aromatic carbocycles. The molecule has 1 unspecified atom stereocenters. The van der Waals surface area contributed by atoms with Gasteiger partial charge in [-0.05, 0) is 5.82 Å². The van der Waals surface area contributed by atoms with Gasteiger partial charge in [0.05, 0.1) is 18.7 Å². The van der Waals surface area contributed by atoms with Crippen LogP contribution in [0.4, 0.5) is 0 Å². The molecule has 13 heavy (non-hydrogen) atoms. The molecule has 2 fully saturated rings. The number of rotatable bonds is 2. The van der Waals surface area contributed by atoms with Crippen molar-refractivity contribution in [3.8, 4) is 0 Å². The lowest BCUT2D eigenvalue weighted by Crippen LogP contribution is -2.21. The van der Waals surface area contributed by atoms with Crippen molar-refractivity contribution in [1.82, 2.24) is 0 Å². The first-order chi connectivity index (χ1) is 6.22. The fourth-order valence-electron chi connectivity index (χ4n) is 2.42. The summed E-state index contributed by atoms with van der Waals surface area (Å²) < 4.78 is 5.02. The third-order valence-corrected chi connectivity index (χ3v) is 3.05. The van der Waals surface area contributed by atoms with Crippen LogP contribution in [0.25, 0.3) is 0 Å². The zero-order valence-electron chi connectivity index (χ0n) is 7.18. The van der Waals surface area contributed by atoms with Gasteiger partial charge in [0.2, 0.25) is 7.28 Å². The molecule has 1 heterocycles. The Kier molecular flexibility index (Phi) is 2.11. The number of fused-ring (bicyclic) bond motifs is 1. The van der Waals surface area contributed by atoms with Crippen molar-refractivity contribution < 1.29 is 19.4 Å². The van der Waals surface area contributed by atoms with Crippen LogP contribution >= 0.6 is 0 Å². The van der Waals surface area contributed by atoms with Gasteiger partial charge in [0.1, 0.15) is 6.10 Å². The molecular formula is C8H11BO4. The number of carbonyl (C=O) groups is 2. The van der Waals surface area contributed by atoms with Crippen LogP contribution in [0.5, 0.6) is 0 Å². The molecule has 4 atom stereocenters. The maximum Gasteiger partial charge on any atom is 0.306 e. The predicted octanol–water partition coefficient (Wildman–Crippen LogP) is -0.902. The SMILES string of the molecule is O=CB[C@H]1C(O)C[C@@H]2OC(=O)C[C@@H]21. The first-order valence-corrected chi connectivity index (χ1v) is 4.53. The van der Waals surface area contributed by atoms with Crippen LogP contribution in [0.2, 0.25) is 5.82 Å². The molecule has 1 aliphatic carbocycles. The van der Waals surface area contributed by atoms with Crippen molar-refractivity contribution in [3.05, 3.63) is 0 Å². The third-order valence-electron chi connectivity index (χ3n) is 3.05. The van der Waals surface area contributed by atoms with E-state index in [0.717, 1.165) is 6.19 Å². The highest BCUT2D eigenvalue weighted by atomic mass is 16.6. The standard InChI is InChI=1S/C8H11BO4/c10-3-9-8-4-1-7(12)13-6(4)2-5(8)11/h3-6,8-9,11H,1-2H2/t4-,5?,6-,8+/m0/s1. The quantitative estimate of drug-likeness (QED) is 0.341. The number of ether oxygens (including phenoxy) is 1. The highest BCUT2D eigenvalue weighted by Gasteiger charge is 2.49. The van der Waals surface area contributed by atoms with E-state index in [1.54, 1.807) is 0 Å². The predicted molar refractivity (Wildman–Crippen MR) is 46.3 cm³/mol. The minimum Gasteiger partial charge on any atom is -0.462 e. The van der Waals surface area contributed by atoms with Crippen molar-refractivity contribution in [2.45, 2.75) is 30.9 Å². The maximum absolute atomic E-state index is 10.9. The van der Waals surface area contributed by atoms with Gasteiger partial charge in [0.15, 0.2) is 0 Å². The van der Waals surface area contributed by atoms with Gasteiger partial charge in [-0.3, -0.25) is 4.79 Å². The van der Waals surface area contributed by atoms with Crippen LogP contribution in [0.1, 0.15) is 12.8 Å². The van der Waals surface area contributed by atoms with Crippen LogP contribution in [0.15, 0.2) is 0 Å². The molecule has 1 saturated carbocycles. The number of aliphatic hydroxyl groups is 1. The van der Waals surface area contributed by atoms with Crippen molar-refractivity contribution in [2.24, 2.45) is 5.92 Å². The second-order valence-corrected chi connectivity index (χ2v) is 3.77. The minimum atomic E-state index is -0.478. The van der Waals surface area contributed by atoms with E-state index >= 15 is 0 Å². The number of hydrogen-bond donors (Lipinski definition) is 1. The van der Waals surface area contributed by atoms with Crippen molar-refractivity contribution in [1.29, 1.82) is 0 Å². The number of aliphatic hydroxyl groups excluding tert-OH is 1. The Hall–Kier alpha value is -0.835. The van der Waals surface area contributed by atoms with Crippen molar-refractivity contribution >= 4 is 19.4 Å².